The summed E-state index contributed by atoms with van der Waals surface area (Å²) in [4.78, 5) is 12.2. The quantitative estimate of drug-likeness (QED) is 0.533. The third-order valence-electron chi connectivity index (χ3n) is 3.82. The van der Waals surface area contributed by atoms with Crippen LogP contribution >= 0.6 is 12.4 Å². The number of aryl methyl sites for hydroxylation is 1. The molecule has 0 radical (unpaired) electrons. The fraction of sp³-hybridized carbons (Fsp3) is 0.316. The van der Waals surface area contributed by atoms with Crippen LogP contribution < -0.4 is 20.5 Å². The maximum absolute atomic E-state index is 12.8. The zero-order chi connectivity index (χ0) is 19.9. The summed E-state index contributed by atoms with van der Waals surface area (Å²) in [7, 11) is -3.84. The average Bonchev–Trinajstić information content (AvgIpc) is 2.63. The Labute approximate surface area is 172 Å². The van der Waals surface area contributed by atoms with Crippen LogP contribution in [0.25, 0.3) is 0 Å². The second kappa shape index (κ2) is 10.9. The summed E-state index contributed by atoms with van der Waals surface area (Å²) < 4.78 is 33.4. The number of sulfonamides is 1. The number of halogens is 1. The lowest BCUT2D eigenvalue weighted by Crippen LogP contribution is -2.26. The molecular weight excluding hydrogens is 402 g/mol. The molecule has 0 aromatic heterocycles. The molecule has 2 aromatic rings. The summed E-state index contributed by atoms with van der Waals surface area (Å²) in [5, 5.41) is 2.72. The van der Waals surface area contributed by atoms with Gasteiger partial charge in [0, 0.05) is 17.8 Å². The van der Waals surface area contributed by atoms with Gasteiger partial charge in [0.15, 0.2) is 0 Å². The molecule has 0 spiro atoms. The summed E-state index contributed by atoms with van der Waals surface area (Å²) in [6, 6.07) is 11.2. The molecule has 28 heavy (non-hydrogen) atoms. The summed E-state index contributed by atoms with van der Waals surface area (Å²) in [5.74, 6) is 0.328. The topological polar surface area (TPSA) is 111 Å². The van der Waals surface area contributed by atoms with Gasteiger partial charge in [0.25, 0.3) is 15.9 Å². The highest BCUT2D eigenvalue weighted by Gasteiger charge is 2.19. The minimum atomic E-state index is -3.84. The van der Waals surface area contributed by atoms with Gasteiger partial charge >= 0.3 is 0 Å². The number of amides is 1. The minimum absolute atomic E-state index is 0. The number of ether oxygens (including phenoxy) is 1. The van der Waals surface area contributed by atoms with E-state index in [0.717, 1.165) is 0 Å². The van der Waals surface area contributed by atoms with Crippen LogP contribution in [0, 0.1) is 6.92 Å². The van der Waals surface area contributed by atoms with Gasteiger partial charge in [-0.25, -0.2) is 8.42 Å². The third-order valence-corrected chi connectivity index (χ3v) is 5.35. The number of benzene rings is 2. The van der Waals surface area contributed by atoms with Gasteiger partial charge in [0.1, 0.15) is 5.75 Å². The number of hydrogen-bond donors (Lipinski definition) is 3. The lowest BCUT2D eigenvalue weighted by molar-refractivity contribution is 0.0953. The van der Waals surface area contributed by atoms with Crippen molar-refractivity contribution in [1.82, 2.24) is 5.32 Å². The van der Waals surface area contributed by atoms with E-state index < -0.39 is 10.0 Å². The fourth-order valence-corrected chi connectivity index (χ4v) is 3.76. The molecule has 0 saturated heterocycles. The van der Waals surface area contributed by atoms with Crippen molar-refractivity contribution in [2.75, 3.05) is 24.4 Å². The minimum Gasteiger partial charge on any atom is -0.494 e. The predicted octanol–water partition coefficient (Wildman–Crippen LogP) is 2.69. The molecule has 0 aliphatic heterocycles. The van der Waals surface area contributed by atoms with Gasteiger partial charge in [0.05, 0.1) is 11.5 Å². The predicted molar refractivity (Wildman–Crippen MR) is 113 cm³/mol. The Morgan fingerprint density at radius 2 is 1.82 bits per heavy atom. The van der Waals surface area contributed by atoms with Crippen LogP contribution in [0.4, 0.5) is 5.69 Å². The molecule has 4 N–H and O–H groups in total. The molecule has 0 aliphatic carbocycles. The Hall–Kier alpha value is -2.29. The molecule has 7 nitrogen and oxygen atoms in total. The van der Waals surface area contributed by atoms with Gasteiger partial charge in [-0.15, -0.1) is 12.4 Å². The van der Waals surface area contributed by atoms with Crippen LogP contribution in [0.2, 0.25) is 0 Å². The molecular formula is C19H26ClN3O4S. The Morgan fingerprint density at radius 3 is 2.43 bits per heavy atom. The van der Waals surface area contributed by atoms with Crippen LogP contribution in [0.1, 0.15) is 29.3 Å². The molecule has 0 bridgehead atoms. The van der Waals surface area contributed by atoms with Gasteiger partial charge in [-0.05, 0) is 68.8 Å². The summed E-state index contributed by atoms with van der Waals surface area (Å²) >= 11 is 0. The SMILES string of the molecule is CCOc1ccc(NS(=O)(=O)c2cc(C(=O)NCCCN)ccc2C)cc1.Cl. The number of carbonyl (C=O) groups is 1. The first-order chi connectivity index (χ1) is 12.9. The van der Waals surface area contributed by atoms with Crippen molar-refractivity contribution in [3.8, 4) is 5.75 Å². The Balaban J connectivity index is 0.00000392. The normalized spacial score (nSPS) is 10.7. The van der Waals surface area contributed by atoms with E-state index in [2.05, 4.69) is 10.0 Å². The second-order valence-electron chi connectivity index (χ2n) is 5.94. The third kappa shape index (κ3) is 6.40. The lowest BCUT2D eigenvalue weighted by atomic mass is 10.1. The number of anilines is 1. The first kappa shape index (κ1) is 23.7. The van der Waals surface area contributed by atoms with Crippen molar-refractivity contribution in [2.45, 2.75) is 25.2 Å². The molecule has 0 fully saturated rings. The Kier molecular flexibility index (Phi) is 9.24. The largest absolute Gasteiger partial charge is 0.494 e. The average molecular weight is 428 g/mol. The highest BCUT2D eigenvalue weighted by molar-refractivity contribution is 7.92. The number of nitrogens with one attached hydrogen (secondary N) is 2. The van der Waals surface area contributed by atoms with Crippen LogP contribution in [0.5, 0.6) is 5.75 Å². The molecule has 0 saturated carbocycles. The first-order valence-corrected chi connectivity index (χ1v) is 10.2. The van der Waals surface area contributed by atoms with Crippen LogP contribution in [0.3, 0.4) is 0 Å². The number of nitrogens with two attached hydrogens (primary N) is 1. The second-order valence-corrected chi connectivity index (χ2v) is 7.59. The van der Waals surface area contributed by atoms with Gasteiger partial charge in [-0.3, -0.25) is 9.52 Å². The monoisotopic (exact) mass is 427 g/mol. The van der Waals surface area contributed by atoms with E-state index in [1.165, 1.54) is 6.07 Å². The van der Waals surface area contributed by atoms with E-state index in [1.807, 2.05) is 6.92 Å². The van der Waals surface area contributed by atoms with Crippen LogP contribution in [-0.4, -0.2) is 34.0 Å². The maximum atomic E-state index is 12.8. The van der Waals surface area contributed by atoms with Gasteiger partial charge in [-0.2, -0.15) is 0 Å². The highest BCUT2D eigenvalue weighted by atomic mass is 35.5. The molecule has 0 atom stereocenters. The summed E-state index contributed by atoms with van der Waals surface area (Å²) in [5.41, 5.74) is 6.65. The van der Waals surface area contributed by atoms with E-state index in [1.54, 1.807) is 43.3 Å². The van der Waals surface area contributed by atoms with Crippen LogP contribution in [-0.2, 0) is 10.0 Å². The maximum Gasteiger partial charge on any atom is 0.262 e. The molecule has 1 amide bonds. The molecule has 2 aromatic carbocycles. The molecule has 2 rings (SSSR count). The Morgan fingerprint density at radius 1 is 1.14 bits per heavy atom. The van der Waals surface area contributed by atoms with Gasteiger partial charge in [-0.1, -0.05) is 6.07 Å². The van der Waals surface area contributed by atoms with E-state index in [4.69, 9.17) is 10.5 Å². The molecule has 9 heteroatoms. The zero-order valence-electron chi connectivity index (χ0n) is 15.9. The smallest absolute Gasteiger partial charge is 0.262 e. The van der Waals surface area contributed by atoms with Crippen LogP contribution in [0.15, 0.2) is 47.4 Å². The number of hydrogen-bond acceptors (Lipinski definition) is 5. The summed E-state index contributed by atoms with van der Waals surface area (Å²) in [6.45, 7) is 5.00. The number of rotatable bonds is 9. The fourth-order valence-electron chi connectivity index (χ4n) is 2.43. The molecule has 0 heterocycles. The lowest BCUT2D eigenvalue weighted by Gasteiger charge is -2.13. The number of carbonyl (C=O) groups excluding carboxylic acids is 1. The Bertz CT molecular complexity index is 887. The van der Waals surface area contributed by atoms with Crippen molar-refractivity contribution >= 4 is 34.0 Å². The first-order valence-electron chi connectivity index (χ1n) is 8.72. The standard InChI is InChI=1S/C19H25N3O4S.ClH/c1-3-26-17-9-7-16(8-10-17)22-27(24,25)18-13-15(6-5-14(18)2)19(23)21-12-4-11-20;/h5-10,13,22H,3-4,11-12,20H2,1-2H3,(H,21,23);1H. The van der Waals surface area contributed by atoms with E-state index in [-0.39, 0.29) is 28.8 Å². The van der Waals surface area contributed by atoms with E-state index >= 15 is 0 Å². The van der Waals surface area contributed by atoms with E-state index in [0.29, 0.717) is 43.1 Å². The highest BCUT2D eigenvalue weighted by Crippen LogP contribution is 2.22. The van der Waals surface area contributed by atoms with Crippen molar-refractivity contribution in [3.05, 3.63) is 53.6 Å². The molecule has 0 unspecified atom stereocenters. The molecule has 0 aliphatic rings. The van der Waals surface area contributed by atoms with Gasteiger partial charge in [0.2, 0.25) is 0 Å². The van der Waals surface area contributed by atoms with Crippen molar-refractivity contribution < 1.29 is 17.9 Å². The van der Waals surface area contributed by atoms with Gasteiger partial charge < -0.3 is 15.8 Å². The van der Waals surface area contributed by atoms with E-state index in [9.17, 15) is 13.2 Å². The van der Waals surface area contributed by atoms with Crippen molar-refractivity contribution in [3.63, 3.8) is 0 Å². The van der Waals surface area contributed by atoms with Crippen molar-refractivity contribution in [2.24, 2.45) is 5.73 Å². The van der Waals surface area contributed by atoms with Crippen molar-refractivity contribution in [1.29, 1.82) is 0 Å². The summed E-state index contributed by atoms with van der Waals surface area (Å²) in [6.07, 6.45) is 0.655. The molecule has 154 valence electrons. The zero-order valence-corrected chi connectivity index (χ0v) is 17.5.